The van der Waals surface area contributed by atoms with Crippen molar-refractivity contribution in [1.29, 1.82) is 5.26 Å². The molecule has 1 fully saturated rings. The molecule has 2 rings (SSSR count). The third-order valence-electron chi connectivity index (χ3n) is 2.59. The molecule has 0 bridgehead atoms. The normalized spacial score (nSPS) is 15.9. The van der Waals surface area contributed by atoms with Crippen LogP contribution in [-0.2, 0) is 11.2 Å². The SMILES string of the molecule is Cc1ccccc1CC=C=C1SC(=NC#N)NC1=O. The molecular weight excluding hydrogens is 258 g/mol. The molecule has 1 aromatic carbocycles. The lowest BCUT2D eigenvalue weighted by molar-refractivity contribution is -0.115. The highest BCUT2D eigenvalue weighted by Crippen LogP contribution is 2.22. The summed E-state index contributed by atoms with van der Waals surface area (Å²) in [6.45, 7) is 2.05. The molecule has 94 valence electrons. The fourth-order valence-corrected chi connectivity index (χ4v) is 2.32. The van der Waals surface area contributed by atoms with Gasteiger partial charge in [0.05, 0.1) is 0 Å². The molecule has 0 radical (unpaired) electrons. The minimum absolute atomic E-state index is 0.264. The van der Waals surface area contributed by atoms with Crippen LogP contribution in [-0.4, -0.2) is 11.1 Å². The van der Waals surface area contributed by atoms with E-state index in [1.807, 2.05) is 37.3 Å². The summed E-state index contributed by atoms with van der Waals surface area (Å²) in [6.07, 6.45) is 4.18. The summed E-state index contributed by atoms with van der Waals surface area (Å²) in [5, 5.41) is 11.2. The number of rotatable bonds is 2. The number of thioether (sulfide) groups is 1. The molecule has 1 amide bonds. The number of carbonyl (C=O) groups is 1. The average molecular weight is 269 g/mol. The Bertz CT molecular complexity index is 649. The Morgan fingerprint density at radius 2 is 2.26 bits per heavy atom. The van der Waals surface area contributed by atoms with E-state index in [2.05, 4.69) is 16.0 Å². The molecule has 1 aromatic rings. The van der Waals surface area contributed by atoms with Gasteiger partial charge in [0, 0.05) is 0 Å². The zero-order valence-corrected chi connectivity index (χ0v) is 11.1. The van der Waals surface area contributed by atoms with Crippen molar-refractivity contribution in [3.63, 3.8) is 0 Å². The van der Waals surface area contributed by atoms with Gasteiger partial charge in [-0.25, -0.2) is 0 Å². The monoisotopic (exact) mass is 269 g/mol. The predicted molar refractivity (Wildman–Crippen MR) is 75.3 cm³/mol. The molecule has 0 aliphatic carbocycles. The van der Waals surface area contributed by atoms with Crippen molar-refractivity contribution in [2.24, 2.45) is 4.99 Å². The second kappa shape index (κ2) is 6.05. The van der Waals surface area contributed by atoms with Crippen molar-refractivity contribution in [3.05, 3.63) is 52.1 Å². The number of nitriles is 1. The molecule has 0 spiro atoms. The minimum atomic E-state index is -0.264. The molecule has 1 aliphatic heterocycles. The van der Waals surface area contributed by atoms with Crippen LogP contribution in [0.5, 0.6) is 0 Å². The Labute approximate surface area is 115 Å². The minimum Gasteiger partial charge on any atom is -0.299 e. The number of aryl methyl sites for hydroxylation is 1. The van der Waals surface area contributed by atoms with Crippen LogP contribution in [0.1, 0.15) is 11.1 Å². The first-order valence-electron chi connectivity index (χ1n) is 5.66. The molecule has 19 heavy (non-hydrogen) atoms. The van der Waals surface area contributed by atoms with Crippen LogP contribution >= 0.6 is 11.8 Å². The number of hydrogen-bond acceptors (Lipinski definition) is 4. The maximum Gasteiger partial charge on any atom is 0.272 e. The topological polar surface area (TPSA) is 65.2 Å². The Hall–Kier alpha value is -2.28. The van der Waals surface area contributed by atoms with E-state index in [0.717, 1.165) is 18.2 Å². The number of nitrogens with zero attached hydrogens (tertiary/aromatic N) is 2. The summed E-state index contributed by atoms with van der Waals surface area (Å²) in [5.41, 5.74) is 5.36. The van der Waals surface area contributed by atoms with Gasteiger partial charge >= 0.3 is 0 Å². The van der Waals surface area contributed by atoms with Gasteiger partial charge in [-0.3, -0.25) is 10.1 Å². The highest BCUT2D eigenvalue weighted by atomic mass is 32.2. The fourth-order valence-electron chi connectivity index (χ4n) is 1.61. The van der Waals surface area contributed by atoms with Crippen LogP contribution in [0.15, 0.2) is 46.0 Å². The molecule has 0 unspecified atom stereocenters. The molecule has 0 saturated carbocycles. The van der Waals surface area contributed by atoms with Gasteiger partial charge in [-0.1, -0.05) is 24.3 Å². The molecule has 4 nitrogen and oxygen atoms in total. The molecule has 1 aliphatic rings. The van der Waals surface area contributed by atoms with E-state index in [0.29, 0.717) is 10.1 Å². The molecule has 0 atom stereocenters. The Balaban J connectivity index is 2.13. The third kappa shape index (κ3) is 3.35. The predicted octanol–water partition coefficient (Wildman–Crippen LogP) is 2.28. The summed E-state index contributed by atoms with van der Waals surface area (Å²) in [7, 11) is 0. The average Bonchev–Trinajstić information content (AvgIpc) is 2.73. The number of nitrogens with one attached hydrogen (secondary N) is 1. The number of benzene rings is 1. The lowest BCUT2D eigenvalue weighted by Crippen LogP contribution is -2.19. The van der Waals surface area contributed by atoms with Crippen LogP contribution in [0.2, 0.25) is 0 Å². The largest absolute Gasteiger partial charge is 0.299 e. The van der Waals surface area contributed by atoms with Gasteiger partial charge in [0.25, 0.3) is 5.91 Å². The molecule has 0 aromatic heterocycles. The van der Waals surface area contributed by atoms with E-state index in [9.17, 15) is 4.79 Å². The van der Waals surface area contributed by atoms with Gasteiger partial charge in [0.2, 0.25) is 6.19 Å². The molecular formula is C14H11N3OS. The van der Waals surface area contributed by atoms with Gasteiger partial charge in [-0.05, 0) is 42.3 Å². The fraction of sp³-hybridized carbons (Fsp3) is 0.143. The van der Waals surface area contributed by atoms with Crippen molar-refractivity contribution < 1.29 is 4.79 Å². The maximum atomic E-state index is 11.5. The van der Waals surface area contributed by atoms with Gasteiger partial charge in [0.1, 0.15) is 4.91 Å². The zero-order chi connectivity index (χ0) is 13.7. The highest BCUT2D eigenvalue weighted by molar-refractivity contribution is 8.18. The van der Waals surface area contributed by atoms with E-state index in [1.165, 1.54) is 11.1 Å². The second-order valence-corrected chi connectivity index (χ2v) is 4.88. The van der Waals surface area contributed by atoms with Crippen molar-refractivity contribution in [1.82, 2.24) is 5.32 Å². The summed E-state index contributed by atoms with van der Waals surface area (Å²) in [6, 6.07) is 8.07. The van der Waals surface area contributed by atoms with Crippen LogP contribution < -0.4 is 5.32 Å². The van der Waals surface area contributed by atoms with E-state index >= 15 is 0 Å². The van der Waals surface area contributed by atoms with Gasteiger partial charge in [-0.15, -0.1) is 10.7 Å². The molecule has 5 heteroatoms. The number of carbonyl (C=O) groups excluding carboxylic acids is 1. The highest BCUT2D eigenvalue weighted by Gasteiger charge is 2.23. The first kappa shape index (κ1) is 13.2. The van der Waals surface area contributed by atoms with Gasteiger partial charge in [-0.2, -0.15) is 5.26 Å². The van der Waals surface area contributed by atoms with Crippen LogP contribution in [0.25, 0.3) is 0 Å². The Morgan fingerprint density at radius 3 is 3.00 bits per heavy atom. The number of hydrogen-bond donors (Lipinski definition) is 1. The molecule has 1 saturated heterocycles. The quantitative estimate of drug-likeness (QED) is 0.509. The lowest BCUT2D eigenvalue weighted by Gasteiger charge is -1.99. The first-order chi connectivity index (χ1) is 9.20. The van der Waals surface area contributed by atoms with E-state index in [1.54, 1.807) is 6.19 Å². The molecule has 1 N–H and O–H groups in total. The van der Waals surface area contributed by atoms with Crippen LogP contribution in [0, 0.1) is 18.4 Å². The summed E-state index contributed by atoms with van der Waals surface area (Å²) in [5.74, 6) is -0.264. The smallest absolute Gasteiger partial charge is 0.272 e. The van der Waals surface area contributed by atoms with E-state index in [4.69, 9.17) is 5.26 Å². The zero-order valence-electron chi connectivity index (χ0n) is 10.3. The standard InChI is InChI=1S/C14H11N3OS/c1-10-5-2-3-6-11(10)7-4-8-12-13(18)17-14(19-12)16-9-15/h2-6H,7H2,1H3,(H,16,17,18). The Kier molecular flexibility index (Phi) is 4.19. The first-order valence-corrected chi connectivity index (χ1v) is 6.48. The third-order valence-corrected chi connectivity index (χ3v) is 3.49. The molecule has 1 heterocycles. The maximum absolute atomic E-state index is 11.5. The number of aliphatic imine (C=N–C) groups is 1. The van der Waals surface area contributed by atoms with Gasteiger partial charge < -0.3 is 0 Å². The van der Waals surface area contributed by atoms with Crippen LogP contribution in [0.4, 0.5) is 0 Å². The number of amides is 1. The van der Waals surface area contributed by atoms with Crippen molar-refractivity contribution in [2.45, 2.75) is 13.3 Å². The van der Waals surface area contributed by atoms with Crippen molar-refractivity contribution >= 4 is 22.8 Å². The summed E-state index contributed by atoms with van der Waals surface area (Å²) in [4.78, 5) is 15.4. The van der Waals surface area contributed by atoms with Crippen molar-refractivity contribution in [2.75, 3.05) is 0 Å². The number of amidine groups is 1. The Morgan fingerprint density at radius 1 is 1.47 bits per heavy atom. The lowest BCUT2D eigenvalue weighted by atomic mass is 10.1. The summed E-state index contributed by atoms with van der Waals surface area (Å²) < 4.78 is 0. The second-order valence-electron chi connectivity index (χ2n) is 3.88. The van der Waals surface area contributed by atoms with E-state index < -0.39 is 0 Å². The van der Waals surface area contributed by atoms with Crippen molar-refractivity contribution in [3.8, 4) is 6.19 Å². The van der Waals surface area contributed by atoms with E-state index in [-0.39, 0.29) is 5.91 Å². The van der Waals surface area contributed by atoms with Crippen LogP contribution in [0.3, 0.4) is 0 Å². The summed E-state index contributed by atoms with van der Waals surface area (Å²) >= 11 is 1.12. The van der Waals surface area contributed by atoms with Gasteiger partial charge in [0.15, 0.2) is 5.17 Å².